The van der Waals surface area contributed by atoms with Crippen LogP contribution in [0.4, 0.5) is 11.6 Å². The molecule has 1 atom stereocenters. The monoisotopic (exact) mass is 269 g/mol. The number of nitrogen functional groups attached to an aromatic ring is 1. The molecule has 1 rings (SSSR count). The summed E-state index contributed by atoms with van der Waals surface area (Å²) in [5, 5.41) is 12.7. The van der Waals surface area contributed by atoms with Crippen molar-refractivity contribution in [2.24, 2.45) is 5.84 Å². The van der Waals surface area contributed by atoms with E-state index in [1.165, 1.54) is 0 Å². The highest BCUT2D eigenvalue weighted by atomic mass is 16.5. The molecule has 0 aliphatic rings. The van der Waals surface area contributed by atoms with Gasteiger partial charge in [-0.2, -0.15) is 0 Å². The maximum atomic E-state index is 9.64. The lowest BCUT2D eigenvalue weighted by molar-refractivity contribution is 0.0727. The first-order valence-electron chi connectivity index (χ1n) is 6.25. The number of hydrogen-bond donors (Lipinski definition) is 4. The second kappa shape index (κ2) is 7.22. The largest absolute Gasteiger partial charge is 0.389 e. The van der Waals surface area contributed by atoms with E-state index in [0.717, 1.165) is 5.56 Å². The van der Waals surface area contributed by atoms with E-state index in [4.69, 9.17) is 10.6 Å². The van der Waals surface area contributed by atoms with Gasteiger partial charge in [-0.25, -0.2) is 15.8 Å². The minimum Gasteiger partial charge on any atom is -0.389 e. The first-order valence-corrected chi connectivity index (χ1v) is 6.25. The molecule has 7 heteroatoms. The Bertz CT molecular complexity index is 411. The summed E-state index contributed by atoms with van der Waals surface area (Å²) in [5.74, 6) is 7.60. The smallest absolute Gasteiger partial charge is 0.148 e. The summed E-state index contributed by atoms with van der Waals surface area (Å²) < 4.78 is 4.87. The summed E-state index contributed by atoms with van der Waals surface area (Å²) in [6.07, 6.45) is -0.587. The van der Waals surface area contributed by atoms with E-state index in [9.17, 15) is 5.11 Å². The summed E-state index contributed by atoms with van der Waals surface area (Å²) in [6.45, 7) is 6.51. The van der Waals surface area contributed by atoms with Crippen LogP contribution in [0.15, 0.2) is 0 Å². The van der Waals surface area contributed by atoms with Crippen LogP contribution in [0, 0.1) is 6.92 Å². The molecule has 1 heterocycles. The van der Waals surface area contributed by atoms with Gasteiger partial charge in [0.2, 0.25) is 0 Å². The zero-order valence-electron chi connectivity index (χ0n) is 11.9. The van der Waals surface area contributed by atoms with Crippen molar-refractivity contribution in [1.29, 1.82) is 0 Å². The van der Waals surface area contributed by atoms with Gasteiger partial charge in [-0.1, -0.05) is 13.8 Å². The number of aromatic nitrogens is 2. The van der Waals surface area contributed by atoms with Gasteiger partial charge in [0.05, 0.1) is 12.7 Å². The average molecular weight is 269 g/mol. The van der Waals surface area contributed by atoms with Crippen molar-refractivity contribution in [1.82, 2.24) is 9.97 Å². The molecule has 1 unspecified atom stereocenters. The van der Waals surface area contributed by atoms with E-state index in [1.807, 2.05) is 20.8 Å². The van der Waals surface area contributed by atoms with Crippen LogP contribution in [0.25, 0.3) is 0 Å². The second-order valence-electron chi connectivity index (χ2n) is 4.69. The molecule has 0 saturated carbocycles. The van der Waals surface area contributed by atoms with Crippen molar-refractivity contribution in [2.45, 2.75) is 32.8 Å². The van der Waals surface area contributed by atoms with Gasteiger partial charge in [-0.05, 0) is 6.92 Å². The number of anilines is 2. The maximum Gasteiger partial charge on any atom is 0.148 e. The molecule has 0 bridgehead atoms. The lowest BCUT2D eigenvalue weighted by Gasteiger charge is -2.16. The number of nitrogens with zero attached hydrogens (tertiary/aromatic N) is 2. The maximum absolute atomic E-state index is 9.64. The third kappa shape index (κ3) is 4.30. The van der Waals surface area contributed by atoms with Crippen molar-refractivity contribution < 1.29 is 9.84 Å². The van der Waals surface area contributed by atoms with Gasteiger partial charge < -0.3 is 20.6 Å². The van der Waals surface area contributed by atoms with Crippen LogP contribution in [-0.4, -0.2) is 41.4 Å². The van der Waals surface area contributed by atoms with Gasteiger partial charge >= 0.3 is 0 Å². The number of nitrogens with one attached hydrogen (secondary N) is 2. The number of hydrogen-bond acceptors (Lipinski definition) is 7. The number of aliphatic hydroxyl groups excluding tert-OH is 1. The molecule has 1 aromatic heterocycles. The van der Waals surface area contributed by atoms with E-state index in [1.54, 1.807) is 7.11 Å². The molecule has 0 spiro atoms. The van der Waals surface area contributed by atoms with Crippen molar-refractivity contribution in [3.63, 3.8) is 0 Å². The Morgan fingerprint density at radius 1 is 1.32 bits per heavy atom. The minimum absolute atomic E-state index is 0.192. The summed E-state index contributed by atoms with van der Waals surface area (Å²) in [4.78, 5) is 8.78. The number of ether oxygens (including phenoxy) is 1. The fourth-order valence-electron chi connectivity index (χ4n) is 1.57. The van der Waals surface area contributed by atoms with Crippen molar-refractivity contribution in [3.8, 4) is 0 Å². The zero-order chi connectivity index (χ0) is 14.4. The molecule has 1 aromatic rings. The van der Waals surface area contributed by atoms with Gasteiger partial charge in [0.15, 0.2) is 0 Å². The Kier molecular flexibility index (Phi) is 5.94. The average Bonchev–Trinajstić information content (AvgIpc) is 2.37. The van der Waals surface area contributed by atoms with Gasteiger partial charge in [0, 0.05) is 25.1 Å². The first-order chi connectivity index (χ1) is 8.99. The Hall–Kier alpha value is -1.44. The van der Waals surface area contributed by atoms with E-state index in [-0.39, 0.29) is 12.5 Å². The first kappa shape index (κ1) is 15.6. The molecule has 7 nitrogen and oxygen atoms in total. The predicted octanol–water partition coefficient (Wildman–Crippen LogP) is 0.613. The summed E-state index contributed by atoms with van der Waals surface area (Å²) in [7, 11) is 1.55. The highest BCUT2D eigenvalue weighted by Crippen LogP contribution is 2.22. The predicted molar refractivity (Wildman–Crippen MR) is 75.0 cm³/mol. The lowest BCUT2D eigenvalue weighted by atomic mass is 10.2. The molecule has 0 fully saturated rings. The van der Waals surface area contributed by atoms with Crippen LogP contribution in [0.3, 0.4) is 0 Å². The molecule has 5 N–H and O–H groups in total. The third-order valence-corrected chi connectivity index (χ3v) is 2.68. The Morgan fingerprint density at radius 3 is 2.47 bits per heavy atom. The lowest BCUT2D eigenvalue weighted by Crippen LogP contribution is -2.25. The van der Waals surface area contributed by atoms with Crippen molar-refractivity contribution in [3.05, 3.63) is 11.4 Å². The Labute approximate surface area is 113 Å². The Balaban J connectivity index is 2.89. The quantitative estimate of drug-likeness (QED) is 0.424. The normalized spacial score (nSPS) is 12.6. The van der Waals surface area contributed by atoms with E-state index >= 15 is 0 Å². The molecular weight excluding hydrogens is 246 g/mol. The number of hydrazine groups is 1. The van der Waals surface area contributed by atoms with Crippen LogP contribution >= 0.6 is 0 Å². The number of methoxy groups -OCH3 is 1. The molecule has 0 saturated heterocycles. The van der Waals surface area contributed by atoms with Gasteiger partial charge in [-0.3, -0.25) is 0 Å². The molecule has 0 aliphatic heterocycles. The molecule has 0 amide bonds. The summed E-state index contributed by atoms with van der Waals surface area (Å²) in [6, 6.07) is 0. The topological polar surface area (TPSA) is 105 Å². The summed E-state index contributed by atoms with van der Waals surface area (Å²) >= 11 is 0. The molecule has 0 radical (unpaired) electrons. The highest BCUT2D eigenvalue weighted by Gasteiger charge is 2.13. The van der Waals surface area contributed by atoms with Gasteiger partial charge in [0.25, 0.3) is 0 Å². The van der Waals surface area contributed by atoms with E-state index in [2.05, 4.69) is 20.7 Å². The Morgan fingerprint density at radius 2 is 1.95 bits per heavy atom. The fraction of sp³-hybridized carbons (Fsp3) is 0.667. The van der Waals surface area contributed by atoms with Crippen LogP contribution in [-0.2, 0) is 4.74 Å². The SMILES string of the molecule is COCC(O)CNc1nc(C(C)C)nc(NN)c1C. The minimum atomic E-state index is -0.587. The summed E-state index contributed by atoms with van der Waals surface area (Å²) in [5.41, 5.74) is 3.38. The molecule has 108 valence electrons. The molecule has 0 aromatic carbocycles. The second-order valence-corrected chi connectivity index (χ2v) is 4.69. The number of rotatable bonds is 7. The van der Waals surface area contributed by atoms with Crippen molar-refractivity contribution in [2.75, 3.05) is 31.0 Å². The van der Waals surface area contributed by atoms with Crippen LogP contribution in [0.2, 0.25) is 0 Å². The third-order valence-electron chi connectivity index (χ3n) is 2.68. The standard InChI is InChI=1S/C12H23N5O2/c1-7(2)10-15-11(8(3)12(16-10)17-13)14-5-9(18)6-19-4/h7,9,18H,5-6,13H2,1-4H3,(H2,14,15,16,17). The van der Waals surface area contributed by atoms with Gasteiger partial charge in [-0.15, -0.1) is 0 Å². The zero-order valence-corrected chi connectivity index (χ0v) is 11.9. The van der Waals surface area contributed by atoms with E-state index in [0.29, 0.717) is 24.0 Å². The molecule has 19 heavy (non-hydrogen) atoms. The van der Waals surface area contributed by atoms with Crippen LogP contribution in [0.5, 0.6) is 0 Å². The van der Waals surface area contributed by atoms with E-state index < -0.39 is 6.10 Å². The fourth-order valence-corrected chi connectivity index (χ4v) is 1.57. The molecule has 0 aliphatic carbocycles. The van der Waals surface area contributed by atoms with Gasteiger partial charge in [0.1, 0.15) is 17.5 Å². The molecular formula is C12H23N5O2. The van der Waals surface area contributed by atoms with Crippen molar-refractivity contribution >= 4 is 11.6 Å². The number of nitrogens with two attached hydrogens (primary N) is 1. The highest BCUT2D eigenvalue weighted by molar-refractivity contribution is 5.56. The van der Waals surface area contributed by atoms with Crippen LogP contribution in [0.1, 0.15) is 31.2 Å². The number of aliphatic hydroxyl groups is 1. The van der Waals surface area contributed by atoms with Crippen LogP contribution < -0.4 is 16.6 Å².